The normalized spacial score (nSPS) is 60.2. The van der Waals surface area contributed by atoms with Gasteiger partial charge in [0, 0.05) is 23.7 Å². The first-order valence-corrected chi connectivity index (χ1v) is 4.51. The van der Waals surface area contributed by atoms with E-state index in [1.54, 1.807) is 0 Å². The lowest BCUT2D eigenvalue weighted by molar-refractivity contribution is -0.139. The third kappa shape index (κ3) is 0.376. The second kappa shape index (κ2) is 1.18. The first-order chi connectivity index (χ1) is 5.33. The topological polar surface area (TPSA) is 29.6 Å². The minimum Gasteiger partial charge on any atom is -0.369 e. The predicted octanol–water partition coefficient (Wildman–Crippen LogP) is 0.753. The molecule has 2 nitrogen and oxygen atoms in total. The number of Topliss-reactive ketones (excluding diaryl/α,β-unsaturated/α-hetero) is 1. The van der Waals surface area contributed by atoms with Crippen molar-refractivity contribution in [2.24, 2.45) is 17.3 Å². The van der Waals surface area contributed by atoms with Crippen LogP contribution in [0.25, 0.3) is 0 Å². The van der Waals surface area contributed by atoms with Crippen molar-refractivity contribution in [1.82, 2.24) is 0 Å². The summed E-state index contributed by atoms with van der Waals surface area (Å²) in [6, 6.07) is 0. The van der Waals surface area contributed by atoms with Gasteiger partial charge in [-0.1, -0.05) is 0 Å². The van der Waals surface area contributed by atoms with E-state index in [-0.39, 0.29) is 0 Å². The van der Waals surface area contributed by atoms with Crippen LogP contribution in [0.2, 0.25) is 0 Å². The van der Waals surface area contributed by atoms with E-state index in [1.807, 2.05) is 0 Å². The maximum absolute atomic E-state index is 11.3. The number of ether oxygens (including phenoxy) is 1. The molecule has 3 saturated carbocycles. The lowest BCUT2D eigenvalue weighted by Gasteiger charge is -2.34. The highest BCUT2D eigenvalue weighted by Gasteiger charge is 2.79. The van der Waals surface area contributed by atoms with E-state index in [0.29, 0.717) is 35.2 Å². The van der Waals surface area contributed by atoms with Gasteiger partial charge in [-0.15, -0.1) is 0 Å². The highest BCUT2D eigenvalue weighted by atomic mass is 16.6. The number of hydrogen-bond acceptors (Lipinski definition) is 2. The molecule has 0 amide bonds. The fraction of sp³-hybridized carbons (Fsp3) is 0.889. The Balaban J connectivity index is 1.84. The fourth-order valence-corrected chi connectivity index (χ4v) is 3.44. The van der Waals surface area contributed by atoms with Gasteiger partial charge in [-0.2, -0.15) is 0 Å². The molecule has 4 rings (SSSR count). The molecule has 11 heavy (non-hydrogen) atoms. The van der Waals surface area contributed by atoms with Gasteiger partial charge in [0.2, 0.25) is 0 Å². The molecule has 4 fully saturated rings. The SMILES string of the molecule is O=C1C[C@@H]2[C@@H]3O[C@@H]3C3(CC3)[C@H]12. The van der Waals surface area contributed by atoms with Crippen LogP contribution in [0.15, 0.2) is 0 Å². The highest BCUT2D eigenvalue weighted by molar-refractivity contribution is 5.90. The number of epoxide rings is 1. The van der Waals surface area contributed by atoms with Gasteiger partial charge < -0.3 is 4.74 Å². The maximum Gasteiger partial charge on any atom is 0.137 e. The van der Waals surface area contributed by atoms with Crippen LogP contribution in [0.3, 0.4) is 0 Å². The number of fused-ring (bicyclic) bond motifs is 5. The molecule has 4 aliphatic rings. The van der Waals surface area contributed by atoms with Crippen molar-refractivity contribution in [1.29, 1.82) is 0 Å². The van der Waals surface area contributed by atoms with Crippen LogP contribution in [0.5, 0.6) is 0 Å². The first-order valence-electron chi connectivity index (χ1n) is 4.51. The zero-order valence-electron chi connectivity index (χ0n) is 6.25. The summed E-state index contributed by atoms with van der Waals surface area (Å²) >= 11 is 0. The third-order valence-corrected chi connectivity index (χ3v) is 4.17. The van der Waals surface area contributed by atoms with Crippen LogP contribution in [0.1, 0.15) is 19.3 Å². The molecule has 0 bridgehead atoms. The summed E-state index contributed by atoms with van der Waals surface area (Å²) in [5.74, 6) is 1.63. The number of carbonyl (C=O) groups excluding carboxylic acids is 1. The Morgan fingerprint density at radius 2 is 2.27 bits per heavy atom. The van der Waals surface area contributed by atoms with Gasteiger partial charge in [-0.05, 0) is 12.8 Å². The quantitative estimate of drug-likeness (QED) is 0.477. The smallest absolute Gasteiger partial charge is 0.137 e. The van der Waals surface area contributed by atoms with Gasteiger partial charge in [-0.3, -0.25) is 4.79 Å². The van der Waals surface area contributed by atoms with Gasteiger partial charge >= 0.3 is 0 Å². The van der Waals surface area contributed by atoms with E-state index in [1.165, 1.54) is 12.8 Å². The number of carbonyl (C=O) groups is 1. The van der Waals surface area contributed by atoms with E-state index in [9.17, 15) is 4.79 Å². The molecular formula is C9H10O2. The van der Waals surface area contributed by atoms with Crippen LogP contribution in [0, 0.1) is 17.3 Å². The summed E-state index contributed by atoms with van der Waals surface area (Å²) in [6.07, 6.45) is 4.39. The molecule has 0 aromatic rings. The summed E-state index contributed by atoms with van der Waals surface area (Å²) in [4.78, 5) is 11.3. The van der Waals surface area contributed by atoms with Gasteiger partial charge in [0.15, 0.2) is 0 Å². The summed E-state index contributed by atoms with van der Waals surface area (Å²) in [5, 5.41) is 0. The Morgan fingerprint density at radius 3 is 2.82 bits per heavy atom. The van der Waals surface area contributed by atoms with E-state index >= 15 is 0 Å². The average Bonchev–Trinajstić information content (AvgIpc) is 2.72. The number of hydrogen-bond donors (Lipinski definition) is 0. The molecule has 0 N–H and O–H groups in total. The van der Waals surface area contributed by atoms with Gasteiger partial charge in [-0.25, -0.2) is 0 Å². The lowest BCUT2D eigenvalue weighted by atomic mass is 9.69. The fourth-order valence-electron chi connectivity index (χ4n) is 3.44. The minimum atomic E-state index is 0.394. The largest absolute Gasteiger partial charge is 0.369 e. The zero-order chi connectivity index (χ0) is 7.22. The predicted molar refractivity (Wildman–Crippen MR) is 36.9 cm³/mol. The second-order valence-corrected chi connectivity index (χ2v) is 4.57. The maximum atomic E-state index is 11.3. The molecule has 58 valence electrons. The summed E-state index contributed by atoms with van der Waals surface area (Å²) in [7, 11) is 0. The minimum absolute atomic E-state index is 0.394. The zero-order valence-corrected chi connectivity index (χ0v) is 6.25. The van der Waals surface area contributed by atoms with Crippen LogP contribution in [0.4, 0.5) is 0 Å². The van der Waals surface area contributed by atoms with Crippen molar-refractivity contribution in [3.05, 3.63) is 0 Å². The Labute approximate surface area is 64.9 Å². The van der Waals surface area contributed by atoms with Crippen molar-refractivity contribution in [2.45, 2.75) is 31.5 Å². The van der Waals surface area contributed by atoms with Crippen LogP contribution < -0.4 is 0 Å². The summed E-state index contributed by atoms with van der Waals surface area (Å²) < 4.78 is 5.56. The van der Waals surface area contributed by atoms with Crippen molar-refractivity contribution in [3.63, 3.8) is 0 Å². The number of ketones is 1. The molecule has 2 heteroatoms. The standard InChI is InChI=1S/C9H10O2/c10-5-3-4-6(5)9(1-2-9)8-7(4)11-8/h4,6-8H,1-3H2/t4-,6-,7-,8-/m0/s1. The van der Waals surface area contributed by atoms with Gasteiger partial charge in [0.05, 0.1) is 12.2 Å². The van der Waals surface area contributed by atoms with E-state index in [0.717, 1.165) is 6.42 Å². The highest BCUT2D eigenvalue weighted by Crippen LogP contribution is 2.74. The molecule has 4 atom stereocenters. The van der Waals surface area contributed by atoms with Crippen molar-refractivity contribution in [3.8, 4) is 0 Å². The average molecular weight is 150 g/mol. The molecule has 1 heterocycles. The molecule has 3 aliphatic carbocycles. The van der Waals surface area contributed by atoms with E-state index < -0.39 is 0 Å². The second-order valence-electron chi connectivity index (χ2n) is 4.57. The van der Waals surface area contributed by atoms with Crippen molar-refractivity contribution < 1.29 is 9.53 Å². The molecule has 0 unspecified atom stereocenters. The molecule has 1 aliphatic heterocycles. The monoisotopic (exact) mass is 150 g/mol. The third-order valence-electron chi connectivity index (χ3n) is 4.17. The Hall–Kier alpha value is -0.370. The Bertz CT molecular complexity index is 267. The summed E-state index contributed by atoms with van der Waals surface area (Å²) in [5.41, 5.74) is 0.394. The van der Waals surface area contributed by atoms with Crippen LogP contribution in [-0.4, -0.2) is 18.0 Å². The molecule has 0 aromatic carbocycles. The summed E-state index contributed by atoms with van der Waals surface area (Å²) in [6.45, 7) is 0. The molecule has 1 spiro atoms. The Morgan fingerprint density at radius 1 is 1.45 bits per heavy atom. The molecule has 1 saturated heterocycles. The Kier molecular flexibility index (Phi) is 0.570. The van der Waals surface area contributed by atoms with Crippen molar-refractivity contribution >= 4 is 5.78 Å². The molecule has 0 radical (unpaired) electrons. The van der Waals surface area contributed by atoms with E-state index in [2.05, 4.69) is 0 Å². The van der Waals surface area contributed by atoms with E-state index in [4.69, 9.17) is 4.74 Å². The van der Waals surface area contributed by atoms with Crippen molar-refractivity contribution in [2.75, 3.05) is 0 Å². The van der Waals surface area contributed by atoms with Crippen LogP contribution in [-0.2, 0) is 9.53 Å². The lowest BCUT2D eigenvalue weighted by Crippen LogP contribution is -2.41. The first kappa shape index (κ1) is 5.31. The van der Waals surface area contributed by atoms with Gasteiger partial charge in [0.1, 0.15) is 5.78 Å². The molecular weight excluding hydrogens is 140 g/mol. The number of rotatable bonds is 0. The van der Waals surface area contributed by atoms with Gasteiger partial charge in [0.25, 0.3) is 0 Å². The van der Waals surface area contributed by atoms with Crippen LogP contribution >= 0.6 is 0 Å². The molecule has 0 aromatic heterocycles.